The number of anilines is 1. The molecule has 1 aliphatic heterocycles. The zero-order valence-electron chi connectivity index (χ0n) is 13.5. The van der Waals surface area contributed by atoms with E-state index >= 15 is 0 Å². The Kier molecular flexibility index (Phi) is 3.92. The van der Waals surface area contributed by atoms with E-state index < -0.39 is 0 Å². The van der Waals surface area contributed by atoms with Crippen molar-refractivity contribution in [2.45, 2.75) is 38.1 Å². The summed E-state index contributed by atoms with van der Waals surface area (Å²) < 4.78 is 1.63. The molecular weight excluding hydrogens is 306 g/mol. The molecule has 4 rings (SSSR count). The van der Waals surface area contributed by atoms with Gasteiger partial charge in [0.15, 0.2) is 5.82 Å². The summed E-state index contributed by atoms with van der Waals surface area (Å²) in [6, 6.07) is 3.51. The fourth-order valence-corrected chi connectivity index (χ4v) is 3.33. The first kappa shape index (κ1) is 15.1. The van der Waals surface area contributed by atoms with E-state index in [1.54, 1.807) is 23.1 Å². The highest BCUT2D eigenvalue weighted by Gasteiger charge is 2.26. The van der Waals surface area contributed by atoms with Gasteiger partial charge >= 0.3 is 0 Å². The van der Waals surface area contributed by atoms with Crippen molar-refractivity contribution in [1.82, 2.24) is 19.7 Å². The van der Waals surface area contributed by atoms with Gasteiger partial charge in [-0.25, -0.2) is 9.67 Å². The fourth-order valence-electron chi connectivity index (χ4n) is 3.33. The van der Waals surface area contributed by atoms with Crippen molar-refractivity contribution >= 4 is 5.82 Å². The number of rotatable bonds is 4. The first-order valence-electron chi connectivity index (χ1n) is 8.57. The number of nitrogens with one attached hydrogen (secondary N) is 1. The molecule has 24 heavy (non-hydrogen) atoms. The molecule has 1 N–H and O–H groups in total. The summed E-state index contributed by atoms with van der Waals surface area (Å²) >= 11 is 0. The predicted molar refractivity (Wildman–Crippen MR) is 90.3 cm³/mol. The van der Waals surface area contributed by atoms with Crippen molar-refractivity contribution in [2.75, 3.05) is 18.0 Å². The van der Waals surface area contributed by atoms with Gasteiger partial charge in [0.05, 0.1) is 5.69 Å². The van der Waals surface area contributed by atoms with Crippen molar-refractivity contribution in [1.29, 1.82) is 0 Å². The minimum atomic E-state index is -0.147. The molecular formula is C17H21N5O2. The number of aromatic nitrogens is 4. The minimum Gasteiger partial charge on any atom is -0.352 e. The van der Waals surface area contributed by atoms with Crippen LogP contribution < -0.4 is 16.0 Å². The molecule has 0 atom stereocenters. The molecule has 2 aromatic heterocycles. The van der Waals surface area contributed by atoms with Crippen molar-refractivity contribution in [2.24, 2.45) is 5.92 Å². The average Bonchev–Trinajstić information content (AvgIpc) is 3.43. The molecule has 1 saturated heterocycles. The van der Waals surface area contributed by atoms with Gasteiger partial charge in [0, 0.05) is 44.0 Å². The fraction of sp³-hybridized carbons (Fsp3) is 0.529. The molecule has 0 unspecified atom stereocenters. The van der Waals surface area contributed by atoms with Gasteiger partial charge in [-0.05, 0) is 37.7 Å². The summed E-state index contributed by atoms with van der Waals surface area (Å²) in [5, 5.41) is 4.54. The number of nitrogens with zero attached hydrogens (tertiary/aromatic N) is 4. The highest BCUT2D eigenvalue weighted by Crippen LogP contribution is 2.38. The van der Waals surface area contributed by atoms with E-state index in [2.05, 4.69) is 15.1 Å². The number of piperidine rings is 1. The van der Waals surface area contributed by atoms with Crippen LogP contribution in [0.25, 0.3) is 0 Å². The molecule has 2 aliphatic rings. The van der Waals surface area contributed by atoms with Crippen LogP contribution in [-0.2, 0) is 6.54 Å². The first-order valence-corrected chi connectivity index (χ1v) is 8.57. The average molecular weight is 327 g/mol. The summed E-state index contributed by atoms with van der Waals surface area (Å²) in [4.78, 5) is 32.7. The largest absolute Gasteiger partial charge is 0.352 e. The van der Waals surface area contributed by atoms with Crippen LogP contribution in [0.2, 0.25) is 0 Å². The van der Waals surface area contributed by atoms with Crippen molar-refractivity contribution in [3.63, 3.8) is 0 Å². The van der Waals surface area contributed by atoms with Gasteiger partial charge in [0.1, 0.15) is 0 Å². The third-order valence-electron chi connectivity index (χ3n) is 4.92. The Bertz CT molecular complexity index is 831. The Balaban J connectivity index is 1.42. The number of aromatic amines is 1. The van der Waals surface area contributed by atoms with Gasteiger partial charge in [-0.2, -0.15) is 5.10 Å². The highest BCUT2D eigenvalue weighted by atomic mass is 16.1. The van der Waals surface area contributed by atoms with E-state index in [0.717, 1.165) is 31.6 Å². The molecule has 126 valence electrons. The predicted octanol–water partition coefficient (Wildman–Crippen LogP) is 1.12. The molecule has 0 spiro atoms. The molecule has 1 aliphatic carbocycles. The van der Waals surface area contributed by atoms with Crippen LogP contribution in [0.1, 0.15) is 37.3 Å². The van der Waals surface area contributed by atoms with Crippen LogP contribution in [0.3, 0.4) is 0 Å². The molecule has 1 saturated carbocycles. The maximum Gasteiger partial charge on any atom is 0.290 e. The summed E-state index contributed by atoms with van der Waals surface area (Å²) in [6.45, 7) is 2.22. The summed E-state index contributed by atoms with van der Waals surface area (Å²) in [5.74, 6) is 1.44. The lowest BCUT2D eigenvalue weighted by Crippen LogP contribution is -2.39. The molecule has 3 heterocycles. The van der Waals surface area contributed by atoms with Gasteiger partial charge in [0.25, 0.3) is 11.1 Å². The van der Waals surface area contributed by atoms with Gasteiger partial charge in [-0.3, -0.25) is 9.59 Å². The molecule has 0 aromatic carbocycles. The standard InChI is InChI=1S/C17H21N5O2/c23-15-4-3-14(13-1-2-13)20-22(15)11-12-5-9-21(10-6-12)16-17(24)19-8-7-18-16/h3-4,7-8,12-13H,1-2,5-6,9-11H2,(H,19,24). The summed E-state index contributed by atoms with van der Waals surface area (Å²) in [7, 11) is 0. The molecule has 0 amide bonds. The molecule has 7 heteroatoms. The summed E-state index contributed by atoms with van der Waals surface area (Å²) in [6.07, 6.45) is 7.37. The lowest BCUT2D eigenvalue weighted by Gasteiger charge is -2.32. The number of hydrogen-bond acceptors (Lipinski definition) is 5. The Morgan fingerprint density at radius 2 is 1.92 bits per heavy atom. The third-order valence-corrected chi connectivity index (χ3v) is 4.92. The van der Waals surface area contributed by atoms with E-state index in [4.69, 9.17) is 0 Å². The van der Waals surface area contributed by atoms with Crippen LogP contribution in [-0.4, -0.2) is 32.8 Å². The lowest BCUT2D eigenvalue weighted by atomic mass is 9.97. The summed E-state index contributed by atoms with van der Waals surface area (Å²) in [5.41, 5.74) is 0.876. The normalized spacial score (nSPS) is 18.8. The topological polar surface area (TPSA) is 83.9 Å². The number of H-pyrrole nitrogens is 1. The van der Waals surface area contributed by atoms with Crippen LogP contribution >= 0.6 is 0 Å². The Morgan fingerprint density at radius 1 is 1.12 bits per heavy atom. The van der Waals surface area contributed by atoms with Crippen LogP contribution in [0, 0.1) is 5.92 Å². The quantitative estimate of drug-likeness (QED) is 0.910. The van der Waals surface area contributed by atoms with Gasteiger partial charge in [-0.1, -0.05) is 0 Å². The maximum atomic E-state index is 12.1. The van der Waals surface area contributed by atoms with E-state index in [0.29, 0.717) is 24.2 Å². The molecule has 0 radical (unpaired) electrons. The van der Waals surface area contributed by atoms with Crippen LogP contribution in [0.4, 0.5) is 5.82 Å². The lowest BCUT2D eigenvalue weighted by molar-refractivity contribution is 0.332. The van der Waals surface area contributed by atoms with Crippen molar-refractivity contribution in [3.8, 4) is 0 Å². The minimum absolute atomic E-state index is 0.0250. The van der Waals surface area contributed by atoms with Gasteiger partial charge in [-0.15, -0.1) is 0 Å². The Hall–Kier alpha value is -2.44. The van der Waals surface area contributed by atoms with E-state index in [-0.39, 0.29) is 11.1 Å². The number of hydrogen-bond donors (Lipinski definition) is 1. The maximum absolute atomic E-state index is 12.1. The zero-order chi connectivity index (χ0) is 16.5. The second kappa shape index (κ2) is 6.22. The SMILES string of the molecule is O=c1[nH]ccnc1N1CCC(Cn2nc(C3CC3)ccc2=O)CC1. The molecule has 7 nitrogen and oxygen atoms in total. The Morgan fingerprint density at radius 3 is 2.62 bits per heavy atom. The van der Waals surface area contributed by atoms with E-state index in [1.165, 1.54) is 12.8 Å². The second-order valence-electron chi connectivity index (χ2n) is 6.73. The first-order chi connectivity index (χ1) is 11.7. The van der Waals surface area contributed by atoms with E-state index in [9.17, 15) is 9.59 Å². The third kappa shape index (κ3) is 3.11. The Labute approximate surface area is 139 Å². The highest BCUT2D eigenvalue weighted by molar-refractivity contribution is 5.35. The van der Waals surface area contributed by atoms with Gasteiger partial charge < -0.3 is 9.88 Å². The smallest absolute Gasteiger partial charge is 0.290 e. The molecule has 2 aromatic rings. The second-order valence-corrected chi connectivity index (χ2v) is 6.73. The zero-order valence-corrected chi connectivity index (χ0v) is 13.5. The monoisotopic (exact) mass is 327 g/mol. The van der Waals surface area contributed by atoms with Crippen LogP contribution in [0.5, 0.6) is 0 Å². The van der Waals surface area contributed by atoms with Crippen LogP contribution in [0.15, 0.2) is 34.1 Å². The molecule has 2 fully saturated rings. The van der Waals surface area contributed by atoms with Crippen molar-refractivity contribution in [3.05, 3.63) is 50.9 Å². The van der Waals surface area contributed by atoms with Gasteiger partial charge in [0.2, 0.25) is 0 Å². The van der Waals surface area contributed by atoms with E-state index in [1.807, 2.05) is 11.0 Å². The molecule has 0 bridgehead atoms. The van der Waals surface area contributed by atoms with Crippen molar-refractivity contribution < 1.29 is 0 Å².